The number of hydrogen-bond acceptors (Lipinski definition) is 2. The maximum atomic E-state index is 11.4. The predicted octanol–water partition coefficient (Wildman–Crippen LogP) is -3.48. The Balaban J connectivity index is -0.000000361. The van der Waals surface area contributed by atoms with Crippen LogP contribution in [0.25, 0.3) is 0 Å². The summed E-state index contributed by atoms with van der Waals surface area (Å²) in [5.41, 5.74) is -1.49. The van der Waals surface area contributed by atoms with E-state index in [1.54, 1.807) is 30.3 Å². The first-order valence-electron chi connectivity index (χ1n) is 5.58. The van der Waals surface area contributed by atoms with Crippen molar-refractivity contribution >= 4 is 11.9 Å². The standard InChI is InChI=1S/C13H16O4.K.Na.2H/c1-2-3-9-13(11(14)15,12(16)17)10-7-5-4-6-8-10;;;;/h4-8H,2-3,9H2,1H3,(H,14,15)(H,16,17);;;;/q;2*+1;2*-1. The van der Waals surface area contributed by atoms with E-state index in [9.17, 15) is 19.8 Å². The predicted molar refractivity (Wildman–Crippen MR) is 65.1 cm³/mol. The van der Waals surface area contributed by atoms with Crippen LogP contribution in [0.4, 0.5) is 0 Å². The molecule has 1 aromatic carbocycles. The smallest absolute Gasteiger partial charge is 1.00 e. The molecular formula is C13H18KNaO4. The van der Waals surface area contributed by atoms with Gasteiger partial charge in [0.1, 0.15) is 0 Å². The van der Waals surface area contributed by atoms with E-state index < -0.39 is 17.4 Å². The zero-order chi connectivity index (χ0) is 12.9. The Kier molecular flexibility index (Phi) is 12.2. The second-order valence-corrected chi connectivity index (χ2v) is 3.99. The van der Waals surface area contributed by atoms with Crippen molar-refractivity contribution in [3.05, 3.63) is 35.9 Å². The summed E-state index contributed by atoms with van der Waals surface area (Å²) in [6.45, 7) is 1.90. The van der Waals surface area contributed by atoms with Crippen molar-refractivity contribution in [2.45, 2.75) is 31.6 Å². The van der Waals surface area contributed by atoms with Gasteiger partial charge in [0.05, 0.1) is 0 Å². The molecule has 0 spiro atoms. The summed E-state index contributed by atoms with van der Waals surface area (Å²) >= 11 is 0. The van der Waals surface area contributed by atoms with Crippen LogP contribution < -0.4 is 80.9 Å². The number of benzene rings is 1. The number of aliphatic carboxylic acids is 2. The molecule has 19 heavy (non-hydrogen) atoms. The molecular weight excluding hydrogens is 282 g/mol. The summed E-state index contributed by atoms with van der Waals surface area (Å²) in [6.07, 6.45) is 1.43. The molecule has 0 unspecified atom stereocenters. The van der Waals surface area contributed by atoms with Crippen LogP contribution in [0.2, 0.25) is 0 Å². The zero-order valence-corrected chi connectivity index (χ0v) is 16.8. The second kappa shape index (κ2) is 10.5. The van der Waals surface area contributed by atoms with E-state index in [1.165, 1.54) is 0 Å². The van der Waals surface area contributed by atoms with Crippen molar-refractivity contribution in [3.63, 3.8) is 0 Å². The Morgan fingerprint density at radius 3 is 2.00 bits per heavy atom. The van der Waals surface area contributed by atoms with Crippen LogP contribution >= 0.6 is 0 Å². The Bertz CT molecular complexity index is 404. The minimum absolute atomic E-state index is 0. The van der Waals surface area contributed by atoms with Crippen LogP contribution in [0.3, 0.4) is 0 Å². The first-order chi connectivity index (χ1) is 8.05. The number of carbonyl (C=O) groups is 2. The van der Waals surface area contributed by atoms with Crippen molar-refractivity contribution in [3.8, 4) is 0 Å². The zero-order valence-electron chi connectivity index (χ0n) is 13.7. The molecule has 1 rings (SSSR count). The van der Waals surface area contributed by atoms with Gasteiger partial charge in [0.25, 0.3) is 0 Å². The van der Waals surface area contributed by atoms with Crippen molar-refractivity contribution in [1.29, 1.82) is 0 Å². The van der Waals surface area contributed by atoms with E-state index in [1.807, 2.05) is 6.92 Å². The van der Waals surface area contributed by atoms with Gasteiger partial charge in [0.15, 0.2) is 5.41 Å². The fourth-order valence-corrected chi connectivity index (χ4v) is 1.86. The van der Waals surface area contributed by atoms with Gasteiger partial charge in [0.2, 0.25) is 0 Å². The number of carboxylic acids is 2. The largest absolute Gasteiger partial charge is 1.00 e. The van der Waals surface area contributed by atoms with Gasteiger partial charge in [-0.05, 0) is 12.0 Å². The summed E-state index contributed by atoms with van der Waals surface area (Å²) in [6, 6.07) is 8.15. The van der Waals surface area contributed by atoms with Crippen molar-refractivity contribution in [1.82, 2.24) is 0 Å². The van der Waals surface area contributed by atoms with Gasteiger partial charge in [-0.2, -0.15) is 0 Å². The first-order valence-corrected chi connectivity index (χ1v) is 5.58. The molecule has 0 amide bonds. The molecule has 1 aromatic rings. The van der Waals surface area contributed by atoms with Crippen LogP contribution in [0.15, 0.2) is 30.3 Å². The number of carboxylic acid groups (broad SMARTS) is 2. The van der Waals surface area contributed by atoms with Crippen molar-refractivity contribution < 1.29 is 104 Å². The third kappa shape index (κ3) is 5.25. The Labute approximate surface area is 180 Å². The monoisotopic (exact) mass is 300 g/mol. The number of unbranched alkanes of at least 4 members (excludes halogenated alkanes) is 1. The van der Waals surface area contributed by atoms with E-state index in [-0.39, 0.29) is 90.2 Å². The van der Waals surface area contributed by atoms with E-state index >= 15 is 0 Å². The Hall–Kier alpha value is 0.796. The first kappa shape index (κ1) is 22.1. The van der Waals surface area contributed by atoms with E-state index in [0.717, 1.165) is 6.42 Å². The van der Waals surface area contributed by atoms with E-state index in [2.05, 4.69) is 0 Å². The normalized spacial score (nSPS) is 9.95. The van der Waals surface area contributed by atoms with Crippen LogP contribution in [0.1, 0.15) is 34.6 Å². The molecule has 0 aliphatic heterocycles. The molecule has 2 N–H and O–H groups in total. The SMILES string of the molecule is CCCCC(C(=O)O)(C(=O)O)c1ccccc1.[H-].[H-].[K+].[Na+]. The average Bonchev–Trinajstić information content (AvgIpc) is 2.30. The van der Waals surface area contributed by atoms with E-state index in [0.29, 0.717) is 12.0 Å². The van der Waals surface area contributed by atoms with Gasteiger partial charge in [-0.3, -0.25) is 9.59 Å². The fourth-order valence-electron chi connectivity index (χ4n) is 1.86. The molecule has 0 bridgehead atoms. The molecule has 4 nitrogen and oxygen atoms in total. The maximum absolute atomic E-state index is 11.4. The van der Waals surface area contributed by atoms with Gasteiger partial charge < -0.3 is 13.1 Å². The van der Waals surface area contributed by atoms with Gasteiger partial charge >= 0.3 is 92.9 Å². The van der Waals surface area contributed by atoms with Crippen LogP contribution in [-0.4, -0.2) is 22.2 Å². The van der Waals surface area contributed by atoms with Gasteiger partial charge in [-0.15, -0.1) is 0 Å². The molecule has 0 heterocycles. The summed E-state index contributed by atoms with van der Waals surface area (Å²) in [5, 5.41) is 18.6. The minimum Gasteiger partial charge on any atom is -1.00 e. The van der Waals surface area contributed by atoms with Crippen molar-refractivity contribution in [2.24, 2.45) is 0 Å². The molecule has 6 heteroatoms. The van der Waals surface area contributed by atoms with Crippen LogP contribution in [0.5, 0.6) is 0 Å². The quantitative estimate of drug-likeness (QED) is 0.423. The molecule has 0 saturated heterocycles. The molecule has 0 atom stereocenters. The second-order valence-electron chi connectivity index (χ2n) is 3.99. The third-order valence-corrected chi connectivity index (χ3v) is 2.90. The van der Waals surface area contributed by atoms with Gasteiger partial charge in [-0.25, -0.2) is 0 Å². The number of hydrogen-bond donors (Lipinski definition) is 2. The van der Waals surface area contributed by atoms with E-state index in [4.69, 9.17) is 0 Å². The molecule has 0 saturated carbocycles. The Morgan fingerprint density at radius 1 is 1.16 bits per heavy atom. The fraction of sp³-hybridized carbons (Fsp3) is 0.385. The van der Waals surface area contributed by atoms with Crippen LogP contribution in [0, 0.1) is 0 Å². The molecule has 0 aliphatic rings. The molecule has 96 valence electrons. The number of rotatable bonds is 6. The molecule has 0 radical (unpaired) electrons. The molecule has 0 aliphatic carbocycles. The van der Waals surface area contributed by atoms with Gasteiger partial charge in [-0.1, -0.05) is 50.1 Å². The molecule has 0 aromatic heterocycles. The van der Waals surface area contributed by atoms with Crippen molar-refractivity contribution in [2.75, 3.05) is 0 Å². The molecule has 0 fully saturated rings. The Morgan fingerprint density at radius 2 is 1.63 bits per heavy atom. The summed E-state index contributed by atoms with van der Waals surface area (Å²) in [5.74, 6) is -2.60. The van der Waals surface area contributed by atoms with Gasteiger partial charge in [0, 0.05) is 0 Å². The minimum atomic E-state index is -1.82. The maximum Gasteiger partial charge on any atom is 1.00 e. The third-order valence-electron chi connectivity index (χ3n) is 2.90. The average molecular weight is 300 g/mol. The summed E-state index contributed by atoms with van der Waals surface area (Å²) in [7, 11) is 0. The topological polar surface area (TPSA) is 74.6 Å². The summed E-state index contributed by atoms with van der Waals surface area (Å²) in [4.78, 5) is 22.8. The van der Waals surface area contributed by atoms with Crippen LogP contribution in [-0.2, 0) is 15.0 Å². The summed E-state index contributed by atoms with van der Waals surface area (Å²) < 4.78 is 0.